The van der Waals surface area contributed by atoms with Crippen molar-refractivity contribution in [3.8, 4) is 10.6 Å². The van der Waals surface area contributed by atoms with Crippen molar-refractivity contribution < 1.29 is 13.2 Å². The standard InChI is InChI=1S/C23H25N3O3S3/c1-16-8-9-21(17(2)12-16)32(28,29)26-15-30-14-20(26)22(27)24-11-10-19-13-31-23(25-19)18-6-4-3-5-7-18/h3-9,12-13,20H,10-11,14-15H2,1-2H3,(H,24,27)/t20-/m1/s1. The molecule has 1 atom stereocenters. The molecule has 6 nitrogen and oxygen atoms in total. The lowest BCUT2D eigenvalue weighted by atomic mass is 10.2. The zero-order chi connectivity index (χ0) is 22.7. The number of rotatable bonds is 7. The van der Waals surface area contributed by atoms with E-state index >= 15 is 0 Å². The van der Waals surface area contributed by atoms with Crippen LogP contribution < -0.4 is 5.32 Å². The van der Waals surface area contributed by atoms with Crippen molar-refractivity contribution in [1.82, 2.24) is 14.6 Å². The molecule has 0 saturated carbocycles. The molecule has 1 aliphatic heterocycles. The van der Waals surface area contributed by atoms with Crippen molar-refractivity contribution in [3.05, 3.63) is 70.7 Å². The molecule has 1 N–H and O–H groups in total. The van der Waals surface area contributed by atoms with Crippen LogP contribution in [0.4, 0.5) is 0 Å². The number of benzene rings is 2. The van der Waals surface area contributed by atoms with Gasteiger partial charge in [-0.25, -0.2) is 13.4 Å². The summed E-state index contributed by atoms with van der Waals surface area (Å²) >= 11 is 3.03. The first-order valence-electron chi connectivity index (χ1n) is 10.3. The zero-order valence-electron chi connectivity index (χ0n) is 17.9. The number of hydrogen-bond acceptors (Lipinski definition) is 6. The summed E-state index contributed by atoms with van der Waals surface area (Å²) in [6.45, 7) is 4.13. The Kier molecular flexibility index (Phi) is 6.99. The first kappa shape index (κ1) is 23.0. The molecule has 1 aliphatic rings. The minimum absolute atomic E-state index is 0.262. The van der Waals surface area contributed by atoms with E-state index in [0.29, 0.717) is 24.3 Å². The number of carbonyl (C=O) groups is 1. The van der Waals surface area contributed by atoms with Gasteiger partial charge in [-0.3, -0.25) is 4.79 Å². The van der Waals surface area contributed by atoms with Crippen molar-refractivity contribution >= 4 is 39.0 Å². The number of nitrogens with one attached hydrogen (secondary N) is 1. The smallest absolute Gasteiger partial charge is 0.244 e. The van der Waals surface area contributed by atoms with Crippen LogP contribution in [0, 0.1) is 13.8 Å². The summed E-state index contributed by atoms with van der Waals surface area (Å²) in [7, 11) is -3.74. The Morgan fingerprint density at radius 3 is 2.72 bits per heavy atom. The molecular weight excluding hydrogens is 462 g/mol. The van der Waals surface area contributed by atoms with Crippen LogP contribution in [0.3, 0.4) is 0 Å². The molecule has 0 bridgehead atoms. The third-order valence-electron chi connectivity index (χ3n) is 5.31. The summed E-state index contributed by atoms with van der Waals surface area (Å²) in [6.07, 6.45) is 0.596. The Morgan fingerprint density at radius 1 is 1.19 bits per heavy atom. The van der Waals surface area contributed by atoms with Crippen molar-refractivity contribution in [2.24, 2.45) is 0 Å². The van der Waals surface area contributed by atoms with Gasteiger partial charge in [-0.15, -0.1) is 23.1 Å². The number of carbonyl (C=O) groups excluding carboxylic acids is 1. The van der Waals surface area contributed by atoms with Crippen molar-refractivity contribution in [2.45, 2.75) is 31.2 Å². The fraction of sp³-hybridized carbons (Fsp3) is 0.304. The molecular formula is C23H25N3O3S3. The van der Waals surface area contributed by atoms with Gasteiger partial charge in [0.05, 0.1) is 16.5 Å². The van der Waals surface area contributed by atoms with E-state index in [1.54, 1.807) is 30.4 Å². The Morgan fingerprint density at radius 2 is 1.97 bits per heavy atom. The normalized spacial score (nSPS) is 16.9. The summed E-state index contributed by atoms with van der Waals surface area (Å²) in [5, 5.41) is 5.85. The third-order valence-corrected chi connectivity index (χ3v) is 9.45. The number of hydrogen-bond donors (Lipinski definition) is 1. The lowest BCUT2D eigenvalue weighted by Crippen LogP contribution is -2.47. The summed E-state index contributed by atoms with van der Waals surface area (Å²) in [4.78, 5) is 17.7. The number of thioether (sulfide) groups is 1. The Hall–Kier alpha value is -2.20. The molecule has 1 saturated heterocycles. The fourth-order valence-electron chi connectivity index (χ4n) is 3.65. The molecule has 168 valence electrons. The Bertz CT molecular complexity index is 1210. The lowest BCUT2D eigenvalue weighted by Gasteiger charge is -2.23. The van der Waals surface area contributed by atoms with Gasteiger partial charge < -0.3 is 5.32 Å². The lowest BCUT2D eigenvalue weighted by molar-refractivity contribution is -0.123. The number of aromatic nitrogens is 1. The highest BCUT2D eigenvalue weighted by Gasteiger charge is 2.40. The van der Waals surface area contributed by atoms with Gasteiger partial charge in [-0.05, 0) is 25.5 Å². The maximum atomic E-state index is 13.2. The minimum atomic E-state index is -3.74. The average Bonchev–Trinajstić information content (AvgIpc) is 3.44. The predicted octanol–water partition coefficient (Wildman–Crippen LogP) is 3.85. The van der Waals surface area contributed by atoms with Crippen LogP contribution >= 0.6 is 23.1 Å². The topological polar surface area (TPSA) is 79.4 Å². The highest BCUT2D eigenvalue weighted by Crippen LogP contribution is 2.30. The molecule has 1 aromatic heterocycles. The molecule has 2 aromatic carbocycles. The van der Waals surface area contributed by atoms with E-state index in [-0.39, 0.29) is 16.7 Å². The molecule has 0 spiro atoms. The van der Waals surface area contributed by atoms with E-state index in [9.17, 15) is 13.2 Å². The molecule has 9 heteroatoms. The second kappa shape index (κ2) is 9.74. The number of amides is 1. The van der Waals surface area contributed by atoms with Crippen LogP contribution in [-0.4, -0.2) is 47.8 Å². The highest BCUT2D eigenvalue weighted by molar-refractivity contribution is 8.00. The summed E-state index contributed by atoms with van der Waals surface area (Å²) in [5.74, 6) is 0.465. The van der Waals surface area contributed by atoms with Gasteiger partial charge in [0.15, 0.2) is 0 Å². The Balaban J connectivity index is 1.38. The van der Waals surface area contributed by atoms with Crippen LogP contribution in [0.5, 0.6) is 0 Å². The molecule has 1 fully saturated rings. The van der Waals surface area contributed by atoms with E-state index < -0.39 is 16.1 Å². The number of nitrogens with zero attached hydrogens (tertiary/aromatic N) is 2. The molecule has 4 rings (SSSR count). The summed E-state index contributed by atoms with van der Waals surface area (Å²) in [5.41, 5.74) is 3.68. The molecule has 0 radical (unpaired) electrons. The Labute approximate surface area is 197 Å². The molecule has 1 amide bonds. The van der Waals surface area contributed by atoms with Crippen molar-refractivity contribution in [1.29, 1.82) is 0 Å². The van der Waals surface area contributed by atoms with Crippen molar-refractivity contribution in [2.75, 3.05) is 18.2 Å². The second-order valence-corrected chi connectivity index (χ2v) is 11.4. The second-order valence-electron chi connectivity index (χ2n) is 7.73. The molecule has 0 unspecified atom stereocenters. The van der Waals surface area contributed by atoms with Gasteiger partial charge in [-0.1, -0.05) is 48.0 Å². The maximum absolute atomic E-state index is 13.2. The zero-order valence-corrected chi connectivity index (χ0v) is 20.4. The number of sulfonamides is 1. The third kappa shape index (κ3) is 4.91. The fourth-order valence-corrected chi connectivity index (χ4v) is 7.87. The quantitative estimate of drug-likeness (QED) is 0.548. The average molecular weight is 488 g/mol. The predicted molar refractivity (Wildman–Crippen MR) is 130 cm³/mol. The maximum Gasteiger partial charge on any atom is 0.244 e. The van der Waals surface area contributed by atoms with E-state index in [2.05, 4.69) is 10.3 Å². The van der Waals surface area contributed by atoms with E-state index in [1.165, 1.54) is 16.1 Å². The van der Waals surface area contributed by atoms with Gasteiger partial charge in [0.25, 0.3) is 0 Å². The van der Waals surface area contributed by atoms with Crippen LogP contribution in [0.25, 0.3) is 10.6 Å². The first-order valence-corrected chi connectivity index (χ1v) is 13.8. The van der Waals surface area contributed by atoms with Crippen molar-refractivity contribution in [3.63, 3.8) is 0 Å². The number of aryl methyl sites for hydroxylation is 2. The number of thiazole rings is 1. The molecule has 0 aliphatic carbocycles. The van der Waals surface area contributed by atoms with Crippen LogP contribution in [0.15, 0.2) is 58.8 Å². The molecule has 2 heterocycles. The SMILES string of the molecule is Cc1ccc(S(=O)(=O)N2CSC[C@@H]2C(=O)NCCc2csc(-c3ccccc3)n2)c(C)c1. The van der Waals surface area contributed by atoms with E-state index in [0.717, 1.165) is 21.8 Å². The molecule has 3 aromatic rings. The first-order chi connectivity index (χ1) is 15.4. The van der Waals surface area contributed by atoms with Crippen LogP contribution in [0.2, 0.25) is 0 Å². The monoisotopic (exact) mass is 487 g/mol. The van der Waals surface area contributed by atoms with Crippen LogP contribution in [0.1, 0.15) is 16.8 Å². The minimum Gasteiger partial charge on any atom is -0.354 e. The van der Waals surface area contributed by atoms with Gasteiger partial charge in [-0.2, -0.15) is 4.31 Å². The highest BCUT2D eigenvalue weighted by atomic mass is 32.2. The van der Waals surface area contributed by atoms with Crippen LogP contribution in [-0.2, 0) is 21.2 Å². The largest absolute Gasteiger partial charge is 0.354 e. The summed E-state index contributed by atoms with van der Waals surface area (Å²) < 4.78 is 27.8. The van der Waals surface area contributed by atoms with Gasteiger partial charge in [0, 0.05) is 29.7 Å². The molecule has 32 heavy (non-hydrogen) atoms. The van der Waals surface area contributed by atoms with Gasteiger partial charge in [0.1, 0.15) is 11.0 Å². The van der Waals surface area contributed by atoms with E-state index in [4.69, 9.17) is 0 Å². The summed E-state index contributed by atoms with van der Waals surface area (Å²) in [6, 6.07) is 14.5. The van der Waals surface area contributed by atoms with Gasteiger partial charge in [0.2, 0.25) is 15.9 Å². The van der Waals surface area contributed by atoms with E-state index in [1.807, 2.05) is 48.7 Å². The van der Waals surface area contributed by atoms with Gasteiger partial charge >= 0.3 is 0 Å².